The molecule has 0 aliphatic heterocycles. The maximum Gasteiger partial charge on any atom is 0.407 e. The minimum atomic E-state index is -3.96. The van der Waals surface area contributed by atoms with Crippen LogP contribution < -0.4 is 10.1 Å². The average Bonchev–Trinajstić information content (AvgIpc) is 3.02. The Labute approximate surface area is 316 Å². The fourth-order valence-corrected chi connectivity index (χ4v) is 10.3. The van der Waals surface area contributed by atoms with Crippen LogP contribution in [0.1, 0.15) is 101 Å². The van der Waals surface area contributed by atoms with E-state index in [0.29, 0.717) is 12.2 Å². The van der Waals surface area contributed by atoms with Gasteiger partial charge >= 0.3 is 13.7 Å². The minimum Gasteiger partial charge on any atom is -0.497 e. The Morgan fingerprint density at radius 1 is 0.962 bits per heavy atom. The summed E-state index contributed by atoms with van der Waals surface area (Å²) in [5, 5.41) is 2.96. The van der Waals surface area contributed by atoms with E-state index in [1.807, 2.05) is 34.6 Å². The van der Waals surface area contributed by atoms with Gasteiger partial charge in [-0.1, -0.05) is 34.6 Å². The van der Waals surface area contributed by atoms with Crippen molar-refractivity contribution in [1.82, 2.24) is 9.62 Å². The second kappa shape index (κ2) is 19.9. The Kier molecular flexibility index (Phi) is 17.8. The molecule has 1 aliphatic carbocycles. The van der Waals surface area contributed by atoms with E-state index in [0.717, 1.165) is 25.7 Å². The van der Waals surface area contributed by atoms with Crippen LogP contribution in [0, 0.1) is 11.8 Å². The third kappa shape index (κ3) is 15.0. The molecule has 0 heterocycles. The Hall–Kier alpha value is -1.51. The Morgan fingerprint density at radius 3 is 1.98 bits per heavy atom. The Balaban J connectivity index is 2.48. The van der Waals surface area contributed by atoms with E-state index < -0.39 is 49.8 Å². The van der Waals surface area contributed by atoms with E-state index in [2.05, 4.69) is 39.2 Å². The maximum atomic E-state index is 14.3. The van der Waals surface area contributed by atoms with E-state index in [-0.39, 0.29) is 60.5 Å². The second-order valence-corrected chi connectivity index (χ2v) is 25.4. The lowest BCUT2D eigenvalue weighted by molar-refractivity contribution is 0.0210. The highest BCUT2D eigenvalue weighted by Gasteiger charge is 2.44. The Bertz CT molecular complexity index is 1380. The fraction of sp³-hybridized carbons (Fsp3) is 0.811. The van der Waals surface area contributed by atoms with Gasteiger partial charge in [-0.25, -0.2) is 13.2 Å². The predicted octanol–water partition coefficient (Wildman–Crippen LogP) is 8.81. The number of nitrogens with one attached hydrogen (secondary N) is 1. The van der Waals surface area contributed by atoms with Gasteiger partial charge in [-0.05, 0) is 121 Å². The molecular formula is C37H69N2O10PSSi. The number of nitrogens with zero attached hydrogens (tertiary/aromatic N) is 1. The second-order valence-electron chi connectivity index (χ2n) is 16.7. The monoisotopic (exact) mass is 792 g/mol. The molecule has 0 bridgehead atoms. The van der Waals surface area contributed by atoms with Crippen molar-refractivity contribution >= 4 is 32.0 Å². The molecule has 1 aliphatic rings. The topological polar surface area (TPSA) is 139 Å². The molecule has 1 aromatic carbocycles. The highest BCUT2D eigenvalue weighted by molar-refractivity contribution is 7.89. The molecule has 2 atom stereocenters. The zero-order chi connectivity index (χ0) is 39.5. The molecule has 1 fully saturated rings. The molecule has 0 spiro atoms. The number of benzene rings is 1. The van der Waals surface area contributed by atoms with Crippen molar-refractivity contribution in [2.75, 3.05) is 39.8 Å². The van der Waals surface area contributed by atoms with Gasteiger partial charge in [0.2, 0.25) is 10.0 Å². The number of rotatable bonds is 20. The van der Waals surface area contributed by atoms with Gasteiger partial charge in [-0.2, -0.15) is 4.31 Å². The van der Waals surface area contributed by atoms with E-state index in [9.17, 15) is 17.8 Å². The smallest absolute Gasteiger partial charge is 0.407 e. The lowest BCUT2D eigenvalue weighted by atomic mass is 9.82. The van der Waals surface area contributed by atoms with E-state index in [1.54, 1.807) is 38.1 Å². The third-order valence-electron chi connectivity index (χ3n) is 9.55. The van der Waals surface area contributed by atoms with Crippen LogP contribution in [0.5, 0.6) is 5.75 Å². The van der Waals surface area contributed by atoms with Gasteiger partial charge in [-0.3, -0.25) is 4.57 Å². The fourth-order valence-electron chi connectivity index (χ4n) is 5.94. The standard InChI is InChI=1S/C37H69N2O10PSSi/c1-14-46-50(41,47-15-2)27-45-31-18-16-29(17-19-31)24-33(38-35(40)48-36(5,6)7)34(49-52(12,13)37(8,9)10)26-39(25-28(3)4)51(42,43)32-22-20-30(44-11)21-23-32/h20-23,28-29,31,33-34H,14-19,24-27H2,1-13H3,(H,38,40)/t29?,31?,33-,34-/m0/s1. The molecule has 0 aromatic heterocycles. The van der Waals surface area contributed by atoms with Crippen LogP contribution in [-0.4, -0.2) is 90.7 Å². The molecule has 12 nitrogen and oxygen atoms in total. The number of sulfonamides is 1. The molecule has 0 radical (unpaired) electrons. The molecule has 1 amide bonds. The molecule has 302 valence electrons. The highest BCUT2D eigenvalue weighted by Crippen LogP contribution is 2.49. The summed E-state index contributed by atoms with van der Waals surface area (Å²) in [6.07, 6.45) is 2.20. The van der Waals surface area contributed by atoms with Crippen LogP contribution in [0.4, 0.5) is 4.79 Å². The van der Waals surface area contributed by atoms with Gasteiger partial charge in [0, 0.05) is 13.1 Å². The van der Waals surface area contributed by atoms with E-state index in [4.69, 9.17) is 27.7 Å². The summed E-state index contributed by atoms with van der Waals surface area (Å²) >= 11 is 0. The van der Waals surface area contributed by atoms with Gasteiger partial charge in [0.1, 0.15) is 17.7 Å². The summed E-state index contributed by atoms with van der Waals surface area (Å²) in [6, 6.07) is 5.85. The van der Waals surface area contributed by atoms with Crippen molar-refractivity contribution in [2.24, 2.45) is 11.8 Å². The molecule has 0 unspecified atom stereocenters. The van der Waals surface area contributed by atoms with Crippen molar-refractivity contribution < 1.29 is 45.5 Å². The zero-order valence-corrected chi connectivity index (χ0v) is 36.9. The van der Waals surface area contributed by atoms with Gasteiger partial charge in [-0.15, -0.1) is 0 Å². The first-order valence-corrected chi connectivity index (χ1v) is 24.8. The molecular weight excluding hydrogens is 724 g/mol. The molecule has 1 aromatic rings. The first-order chi connectivity index (χ1) is 23.9. The summed E-state index contributed by atoms with van der Waals surface area (Å²) in [6.45, 7) is 24.5. The molecule has 52 heavy (non-hydrogen) atoms. The van der Waals surface area contributed by atoms with Gasteiger partial charge < -0.3 is 33.0 Å². The summed E-state index contributed by atoms with van der Waals surface area (Å²) in [7, 11) is -8.25. The van der Waals surface area contributed by atoms with Crippen molar-refractivity contribution in [2.45, 2.75) is 148 Å². The molecule has 1 N–H and O–H groups in total. The van der Waals surface area contributed by atoms with E-state index >= 15 is 0 Å². The average molecular weight is 793 g/mol. The predicted molar refractivity (Wildman–Crippen MR) is 209 cm³/mol. The van der Waals surface area contributed by atoms with Crippen molar-refractivity contribution in [3.63, 3.8) is 0 Å². The summed E-state index contributed by atoms with van der Waals surface area (Å²) in [5.74, 6) is 0.773. The van der Waals surface area contributed by atoms with Gasteiger partial charge in [0.15, 0.2) is 8.32 Å². The normalized spacial score (nSPS) is 19.1. The van der Waals surface area contributed by atoms with Gasteiger partial charge in [0.25, 0.3) is 0 Å². The lowest BCUT2D eigenvalue weighted by Gasteiger charge is -2.44. The number of amides is 1. The summed E-state index contributed by atoms with van der Waals surface area (Å²) < 4.78 is 78.1. The molecule has 0 saturated heterocycles. The highest BCUT2D eigenvalue weighted by atomic mass is 32.2. The molecule has 15 heteroatoms. The first kappa shape index (κ1) is 46.6. The number of methoxy groups -OCH3 is 1. The summed E-state index contributed by atoms with van der Waals surface area (Å²) in [4.78, 5) is 13.6. The van der Waals surface area contributed by atoms with Crippen LogP contribution in [0.15, 0.2) is 29.2 Å². The zero-order valence-electron chi connectivity index (χ0n) is 34.2. The minimum absolute atomic E-state index is 0.0230. The van der Waals surface area contributed by atoms with Crippen molar-refractivity contribution in [1.29, 1.82) is 0 Å². The van der Waals surface area contributed by atoms with Crippen LogP contribution in [0.3, 0.4) is 0 Å². The van der Waals surface area contributed by atoms with Crippen LogP contribution >= 0.6 is 7.60 Å². The van der Waals surface area contributed by atoms with E-state index in [1.165, 1.54) is 11.4 Å². The van der Waals surface area contributed by atoms with Gasteiger partial charge in [0.05, 0.1) is 43.5 Å². The Morgan fingerprint density at radius 2 is 1.52 bits per heavy atom. The summed E-state index contributed by atoms with van der Waals surface area (Å²) in [5.41, 5.74) is -0.733. The van der Waals surface area contributed by atoms with Crippen LogP contribution in [0.25, 0.3) is 0 Å². The van der Waals surface area contributed by atoms with Crippen molar-refractivity contribution in [3.8, 4) is 5.75 Å². The molecule has 1 saturated carbocycles. The SMILES string of the molecule is CCOP(=O)(COC1CCC(C[C@H](NC(=O)OC(C)(C)C)[C@H](CN(CC(C)C)S(=O)(=O)c2ccc(OC)cc2)O[Si](C)(C)C(C)(C)C)CC1)OCC. The molecule has 2 rings (SSSR count). The van der Waals surface area contributed by atoms with Crippen molar-refractivity contribution in [3.05, 3.63) is 24.3 Å². The number of hydrogen-bond donors (Lipinski definition) is 1. The number of carbonyl (C=O) groups is 1. The largest absolute Gasteiger partial charge is 0.497 e. The number of ether oxygens (including phenoxy) is 3. The maximum absolute atomic E-state index is 14.3. The third-order valence-corrected chi connectivity index (χ3v) is 17.7. The number of carbonyl (C=O) groups excluding carboxylic acids is 1. The lowest BCUT2D eigenvalue weighted by Crippen LogP contribution is -2.57. The van der Waals surface area contributed by atoms with Crippen LogP contribution in [0.2, 0.25) is 18.1 Å². The number of hydrogen-bond acceptors (Lipinski definition) is 10. The first-order valence-electron chi connectivity index (χ1n) is 18.8. The van der Waals surface area contributed by atoms with Crippen LogP contribution in [-0.2, 0) is 37.5 Å². The quantitative estimate of drug-likeness (QED) is 0.101. The number of alkyl carbamates (subject to hydrolysis) is 1.